The van der Waals surface area contributed by atoms with E-state index in [-0.39, 0.29) is 11.6 Å². The van der Waals surface area contributed by atoms with Crippen LogP contribution < -0.4 is 5.32 Å². The van der Waals surface area contributed by atoms with Crippen molar-refractivity contribution in [2.45, 2.75) is 18.2 Å². The number of rotatable bonds is 5. The average molecular weight is 616 g/mol. The van der Waals surface area contributed by atoms with Crippen molar-refractivity contribution in [3.63, 3.8) is 0 Å². The summed E-state index contributed by atoms with van der Waals surface area (Å²) in [5.74, 6) is -1.32. The van der Waals surface area contributed by atoms with Crippen LogP contribution in [-0.2, 0) is 10.4 Å². The molecule has 1 atom stereocenters. The maximum atomic E-state index is 14.3. The van der Waals surface area contributed by atoms with E-state index in [4.69, 9.17) is 28.0 Å². The Kier molecular flexibility index (Phi) is 6.94. The van der Waals surface area contributed by atoms with Gasteiger partial charge in [0.2, 0.25) is 0 Å². The van der Waals surface area contributed by atoms with Crippen LogP contribution in [0, 0.1) is 5.82 Å². The van der Waals surface area contributed by atoms with Crippen molar-refractivity contribution >= 4 is 71.7 Å². The molecule has 1 aliphatic heterocycles. The number of carbonyl (C=O) groups is 1. The Bertz CT molecular complexity index is 1320. The number of hydrogen-bond donors (Lipinski definition) is 1. The average Bonchev–Trinajstić information content (AvgIpc) is 3.26. The summed E-state index contributed by atoms with van der Waals surface area (Å²) in [6.45, 7) is 0.407. The van der Waals surface area contributed by atoms with Crippen molar-refractivity contribution in [3.05, 3.63) is 81.1 Å². The predicted octanol–water partition coefficient (Wildman–Crippen LogP) is 5.57. The van der Waals surface area contributed by atoms with Crippen molar-refractivity contribution < 1.29 is 27.2 Å². The van der Waals surface area contributed by atoms with E-state index in [1.54, 1.807) is 24.3 Å². The predicted molar refractivity (Wildman–Crippen MR) is 124 cm³/mol. The Morgan fingerprint density at radius 3 is 2.41 bits per heavy atom. The van der Waals surface area contributed by atoms with Crippen LogP contribution in [0.4, 0.5) is 17.6 Å². The van der Waals surface area contributed by atoms with E-state index in [0.29, 0.717) is 28.4 Å². The number of nitrogens with one attached hydrogen (secondary N) is 1. The fraction of sp³-hybridized carbons (Fsp3) is 0.174. The number of halogens is 6. The van der Waals surface area contributed by atoms with Crippen molar-refractivity contribution in [2.75, 3.05) is 6.54 Å². The molecule has 0 saturated heterocycles. The Labute approximate surface area is 214 Å². The second kappa shape index (κ2) is 9.47. The molecule has 1 N–H and O–H groups in total. The summed E-state index contributed by atoms with van der Waals surface area (Å²) in [5, 5.41) is 6.52. The number of amides is 1. The van der Waals surface area contributed by atoms with Gasteiger partial charge in [0.15, 0.2) is 5.82 Å². The van der Waals surface area contributed by atoms with E-state index in [1.807, 2.05) is 4.02 Å². The van der Waals surface area contributed by atoms with Gasteiger partial charge in [0.25, 0.3) is 0 Å². The molecule has 4 nitrogen and oxygen atoms in total. The quantitative estimate of drug-likeness (QED) is 0.232. The van der Waals surface area contributed by atoms with E-state index in [0.717, 1.165) is 12.1 Å². The van der Waals surface area contributed by atoms with Crippen LogP contribution in [0.1, 0.15) is 27.9 Å². The molecule has 1 unspecified atom stereocenters. The van der Waals surface area contributed by atoms with Gasteiger partial charge >= 0.3 is 146 Å². The summed E-state index contributed by atoms with van der Waals surface area (Å²) >= 11 is 12.7. The summed E-state index contributed by atoms with van der Waals surface area (Å²) in [4.78, 5) is 17.6. The summed E-state index contributed by atoms with van der Waals surface area (Å²) in [5.41, 5.74) is -2.59. The van der Waals surface area contributed by atoms with E-state index in [9.17, 15) is 22.4 Å². The first-order valence-electron chi connectivity index (χ1n) is 9.85. The first-order valence-corrected chi connectivity index (χ1v) is 12.3. The van der Waals surface area contributed by atoms with Crippen LogP contribution in [-0.4, -0.2) is 50.4 Å². The molecule has 1 amide bonds. The van der Waals surface area contributed by atoms with Gasteiger partial charge in [0, 0.05) is 0 Å². The first-order chi connectivity index (χ1) is 16.1. The van der Waals surface area contributed by atoms with Gasteiger partial charge < -0.3 is 0 Å². The maximum absolute atomic E-state index is 14.3. The minimum absolute atomic E-state index is 0.0165. The van der Waals surface area contributed by atoms with Crippen LogP contribution in [0.25, 0.3) is 10.8 Å². The molecule has 0 fully saturated rings. The zero-order valence-electron chi connectivity index (χ0n) is 17.1. The van der Waals surface area contributed by atoms with Gasteiger partial charge in [-0.3, -0.25) is 0 Å². The third-order valence-corrected chi connectivity index (χ3v) is 6.61. The van der Waals surface area contributed by atoms with Gasteiger partial charge in [0.1, 0.15) is 0 Å². The third-order valence-electron chi connectivity index (χ3n) is 5.48. The molecule has 0 saturated carbocycles. The fourth-order valence-corrected chi connectivity index (χ4v) is 4.60. The number of oxime groups is 1. The van der Waals surface area contributed by atoms with Gasteiger partial charge in [-0.1, -0.05) is 23.2 Å². The molecule has 0 spiro atoms. The summed E-state index contributed by atoms with van der Waals surface area (Å²) < 4.78 is 58.7. The fourth-order valence-electron chi connectivity index (χ4n) is 3.82. The van der Waals surface area contributed by atoms with Crippen LogP contribution in [0.3, 0.4) is 0 Å². The summed E-state index contributed by atoms with van der Waals surface area (Å²) in [7, 11) is 0. The van der Waals surface area contributed by atoms with Gasteiger partial charge in [-0.2, -0.15) is 13.2 Å². The van der Waals surface area contributed by atoms with Crippen molar-refractivity contribution in [1.82, 2.24) is 5.32 Å². The van der Waals surface area contributed by atoms with E-state index < -0.39 is 39.6 Å². The monoisotopic (exact) mass is 616 g/mol. The van der Waals surface area contributed by atoms with E-state index in [1.165, 1.54) is 34.2 Å². The second-order valence-electron chi connectivity index (χ2n) is 7.51. The van der Waals surface area contributed by atoms with Crippen LogP contribution in [0.5, 0.6) is 0 Å². The molecule has 2 radical (unpaired) electrons. The van der Waals surface area contributed by atoms with Gasteiger partial charge in [-0.05, 0) is 12.1 Å². The Hall–Kier alpha value is -2.17. The number of nitrogens with zero attached hydrogens (tertiary/aromatic N) is 1. The molecule has 1 aliphatic rings. The molecule has 11 heteroatoms. The van der Waals surface area contributed by atoms with Crippen molar-refractivity contribution in [2.24, 2.45) is 5.16 Å². The molecular formula is C23H14Cl2F4N2O2Sn. The molecule has 174 valence electrons. The minimum atomic E-state index is -4.92. The van der Waals surface area contributed by atoms with Crippen molar-refractivity contribution in [3.8, 4) is 0 Å². The molecule has 4 rings (SSSR count). The van der Waals surface area contributed by atoms with Crippen molar-refractivity contribution in [1.29, 1.82) is 0 Å². The molecule has 3 aromatic carbocycles. The number of benzene rings is 3. The molecule has 0 bridgehead atoms. The number of carbonyl (C=O) groups excluding carboxylic acids is 1. The van der Waals surface area contributed by atoms with Gasteiger partial charge in [-0.25, -0.2) is 4.39 Å². The Morgan fingerprint density at radius 2 is 1.79 bits per heavy atom. The second-order valence-corrected chi connectivity index (χ2v) is 9.48. The molecule has 3 aromatic rings. The molecule has 34 heavy (non-hydrogen) atoms. The van der Waals surface area contributed by atoms with Crippen LogP contribution >= 0.6 is 23.2 Å². The normalized spacial score (nSPS) is 17.9. The summed E-state index contributed by atoms with van der Waals surface area (Å²) in [6, 6.07) is 11.6. The number of alkyl halides is 3. The topological polar surface area (TPSA) is 50.7 Å². The molecular weight excluding hydrogens is 602 g/mol. The van der Waals surface area contributed by atoms with Gasteiger partial charge in [0.05, 0.1) is 10.0 Å². The Morgan fingerprint density at radius 1 is 1.15 bits per heavy atom. The molecule has 1 heterocycles. The zero-order valence-corrected chi connectivity index (χ0v) is 21.5. The molecule has 0 aromatic heterocycles. The van der Waals surface area contributed by atoms with Gasteiger partial charge in [-0.15, -0.1) is 0 Å². The van der Waals surface area contributed by atoms with Crippen LogP contribution in [0.2, 0.25) is 10.0 Å². The Balaban J connectivity index is 1.79. The van der Waals surface area contributed by atoms with E-state index >= 15 is 0 Å². The molecule has 0 aliphatic carbocycles. The third kappa shape index (κ3) is 4.31. The number of hydrogen-bond acceptors (Lipinski definition) is 3. The van der Waals surface area contributed by atoms with E-state index in [2.05, 4.69) is 10.5 Å². The standard InChI is InChI=1S/C23H14Cl2F4N2O2.Sn/c1-2-30-21(32)16-8-7-15(13-5-3-4-6-14(13)16)19-11-22(33-31-19,23(27,28)29)12-9-17(24)20(26)18(25)10-12;/h1,3-10H,2,11H2,(H,30,32);. The first kappa shape index (κ1) is 24.9. The number of fused-ring (bicyclic) bond motifs is 1. The summed E-state index contributed by atoms with van der Waals surface area (Å²) in [6.07, 6.45) is -5.62. The SMILES string of the molecule is O=C(NC[CH]=[Sn])c1ccc(C2=NOC(c3cc(Cl)c(F)c(Cl)c3)(C(F)(F)F)C2)c2ccccc12. The zero-order chi connectivity index (χ0) is 24.7. The van der Waals surface area contributed by atoms with Crippen LogP contribution in [0.15, 0.2) is 53.7 Å².